The van der Waals surface area contributed by atoms with Crippen LogP contribution in [0, 0.1) is 22.2 Å². The maximum Gasteiger partial charge on any atom is 0.269 e. The smallest absolute Gasteiger partial charge is 0.269 e. The fraction of sp³-hybridized carbons (Fsp3) is 0.0556. The van der Waals surface area contributed by atoms with Gasteiger partial charge in [0.05, 0.1) is 16.1 Å². The first-order valence-corrected chi connectivity index (χ1v) is 8.17. The molecule has 3 aromatic rings. The van der Waals surface area contributed by atoms with E-state index >= 15 is 0 Å². The number of nitro benzene ring substituents is 1. The van der Waals surface area contributed by atoms with Crippen molar-refractivity contribution in [3.8, 4) is 11.1 Å². The molecule has 27 heavy (non-hydrogen) atoms. The van der Waals surface area contributed by atoms with Gasteiger partial charge in [-0.25, -0.2) is 0 Å². The molecule has 0 radical (unpaired) electrons. The fourth-order valence-corrected chi connectivity index (χ4v) is 2.86. The van der Waals surface area contributed by atoms with E-state index in [-0.39, 0.29) is 27.7 Å². The van der Waals surface area contributed by atoms with E-state index in [1.807, 2.05) is 0 Å². The van der Waals surface area contributed by atoms with Crippen molar-refractivity contribution in [3.05, 3.63) is 86.3 Å². The third-order valence-electron chi connectivity index (χ3n) is 3.91. The van der Waals surface area contributed by atoms with Crippen LogP contribution in [0.15, 0.2) is 54.6 Å². The van der Waals surface area contributed by atoms with Crippen molar-refractivity contribution in [2.45, 2.75) is 6.92 Å². The fourth-order valence-electron chi connectivity index (χ4n) is 2.61. The van der Waals surface area contributed by atoms with Gasteiger partial charge in [0.2, 0.25) is 10.8 Å². The summed E-state index contributed by atoms with van der Waals surface area (Å²) in [6, 6.07) is 14.2. The zero-order chi connectivity index (χ0) is 19.6. The van der Waals surface area contributed by atoms with Gasteiger partial charge in [-0.15, -0.1) is 0 Å². The monoisotopic (exact) mass is 384 g/mol. The largest absolute Gasteiger partial charge is 0.594 e. The van der Waals surface area contributed by atoms with Gasteiger partial charge in [0, 0.05) is 29.8 Å². The maximum absolute atomic E-state index is 12.8. The number of anilines is 1. The van der Waals surface area contributed by atoms with E-state index in [2.05, 4.69) is 10.4 Å². The molecule has 0 saturated heterocycles. The van der Waals surface area contributed by atoms with Crippen LogP contribution in [0.5, 0.6) is 0 Å². The molecule has 8 nitrogen and oxygen atoms in total. The Labute approximate surface area is 158 Å². The minimum Gasteiger partial charge on any atom is -0.594 e. The zero-order valence-corrected chi connectivity index (χ0v) is 14.8. The predicted molar refractivity (Wildman–Crippen MR) is 99.4 cm³/mol. The van der Waals surface area contributed by atoms with Crippen molar-refractivity contribution in [1.82, 2.24) is 5.10 Å². The van der Waals surface area contributed by atoms with Gasteiger partial charge >= 0.3 is 0 Å². The number of aromatic nitrogens is 2. The highest BCUT2D eigenvalue weighted by Gasteiger charge is 2.27. The van der Waals surface area contributed by atoms with Crippen molar-refractivity contribution in [2.24, 2.45) is 0 Å². The lowest BCUT2D eigenvalue weighted by Gasteiger charge is -2.13. The molecule has 0 aliphatic rings. The number of para-hydroxylation sites is 1. The minimum absolute atomic E-state index is 0.0129. The molecule has 0 aliphatic carbocycles. The molecular formula is C18H13ClN4O4. The second-order valence-corrected chi connectivity index (χ2v) is 5.98. The van der Waals surface area contributed by atoms with Crippen LogP contribution in [0.2, 0.25) is 5.15 Å². The number of rotatable bonds is 4. The first-order chi connectivity index (χ1) is 12.9. The molecule has 9 heteroatoms. The Hall–Kier alpha value is -3.52. The lowest BCUT2D eigenvalue weighted by molar-refractivity contribution is -0.674. The molecule has 1 N–H and O–H groups in total. The van der Waals surface area contributed by atoms with Crippen LogP contribution in [0.25, 0.3) is 11.1 Å². The Bertz CT molecular complexity index is 1020. The normalized spacial score (nSPS) is 10.4. The van der Waals surface area contributed by atoms with E-state index in [1.165, 1.54) is 31.2 Å². The number of amides is 1. The van der Waals surface area contributed by atoms with Gasteiger partial charge in [0.15, 0.2) is 0 Å². The summed E-state index contributed by atoms with van der Waals surface area (Å²) in [6.45, 7) is 1.49. The first-order valence-electron chi connectivity index (χ1n) is 7.79. The number of nitrogens with one attached hydrogen (secondary N) is 1. The molecule has 1 aromatic heterocycles. The van der Waals surface area contributed by atoms with Crippen LogP contribution in [-0.2, 0) is 0 Å². The van der Waals surface area contributed by atoms with Crippen molar-refractivity contribution in [2.75, 3.05) is 5.32 Å². The van der Waals surface area contributed by atoms with E-state index in [1.54, 1.807) is 30.3 Å². The zero-order valence-electron chi connectivity index (χ0n) is 14.0. The molecular weight excluding hydrogens is 372 g/mol. The maximum atomic E-state index is 12.8. The topological polar surface area (TPSA) is 112 Å². The summed E-state index contributed by atoms with van der Waals surface area (Å²) in [6.07, 6.45) is 0. The number of nitro groups is 1. The van der Waals surface area contributed by atoms with Crippen LogP contribution < -0.4 is 10.2 Å². The molecule has 1 heterocycles. The highest BCUT2D eigenvalue weighted by Crippen LogP contribution is 2.31. The molecule has 0 unspecified atom stereocenters. The van der Waals surface area contributed by atoms with Gasteiger partial charge in [0.1, 0.15) is 0 Å². The van der Waals surface area contributed by atoms with Gasteiger partial charge in [-0.1, -0.05) is 34.6 Å². The number of hydrogen-bond donors (Lipinski definition) is 1. The highest BCUT2D eigenvalue weighted by molar-refractivity contribution is 6.34. The number of carbonyl (C=O) groups is 1. The lowest BCUT2D eigenvalue weighted by Crippen LogP contribution is -2.37. The van der Waals surface area contributed by atoms with Gasteiger partial charge < -0.3 is 10.5 Å². The standard InChI is InChI=1S/C18H13ClN4O4/c1-11-15(12-7-9-14(10-8-12)23(26)27)16(17(19)21-22(11)25)18(24)20-13-5-3-2-4-6-13/h2-10H,1H3,(H,20,24). The van der Waals surface area contributed by atoms with E-state index in [9.17, 15) is 20.1 Å². The average Bonchev–Trinajstić information content (AvgIpc) is 2.65. The second kappa shape index (κ2) is 7.38. The van der Waals surface area contributed by atoms with Crippen LogP contribution in [0.4, 0.5) is 11.4 Å². The molecule has 0 spiro atoms. The summed E-state index contributed by atoms with van der Waals surface area (Å²) >= 11 is 6.10. The van der Waals surface area contributed by atoms with E-state index in [0.717, 1.165) is 0 Å². The summed E-state index contributed by atoms with van der Waals surface area (Å²) in [5.74, 6) is -0.546. The van der Waals surface area contributed by atoms with Gasteiger partial charge in [-0.3, -0.25) is 14.9 Å². The summed E-state index contributed by atoms with van der Waals surface area (Å²) in [5, 5.41) is 28.9. The Morgan fingerprint density at radius 3 is 2.37 bits per heavy atom. The summed E-state index contributed by atoms with van der Waals surface area (Å²) in [5.41, 5.74) is 1.29. The predicted octanol–water partition coefficient (Wildman–Crippen LogP) is 3.50. The number of carbonyl (C=O) groups excluding carboxylic acids is 1. The Morgan fingerprint density at radius 1 is 1.15 bits per heavy atom. The lowest BCUT2D eigenvalue weighted by atomic mass is 9.99. The molecule has 0 aliphatic heterocycles. The second-order valence-electron chi connectivity index (χ2n) is 5.62. The van der Waals surface area contributed by atoms with Crippen molar-refractivity contribution in [1.29, 1.82) is 0 Å². The Morgan fingerprint density at radius 2 is 1.78 bits per heavy atom. The highest BCUT2D eigenvalue weighted by atomic mass is 35.5. The number of benzene rings is 2. The third kappa shape index (κ3) is 3.70. The molecule has 0 bridgehead atoms. The summed E-state index contributed by atoms with van der Waals surface area (Å²) < 4.78 is 0. The molecule has 0 saturated carbocycles. The summed E-state index contributed by atoms with van der Waals surface area (Å²) in [4.78, 5) is 23.5. The number of nitrogens with zero attached hydrogens (tertiary/aromatic N) is 3. The third-order valence-corrected chi connectivity index (χ3v) is 4.17. The van der Waals surface area contributed by atoms with Crippen molar-refractivity contribution in [3.63, 3.8) is 0 Å². The van der Waals surface area contributed by atoms with E-state index < -0.39 is 10.8 Å². The molecule has 2 aromatic carbocycles. The number of non-ortho nitro benzene ring substituents is 1. The quantitative estimate of drug-likeness (QED) is 0.320. The van der Waals surface area contributed by atoms with E-state index in [4.69, 9.17) is 11.6 Å². The molecule has 0 atom stereocenters. The molecule has 3 rings (SSSR count). The first kappa shape index (κ1) is 18.3. The number of halogens is 1. The SMILES string of the molecule is Cc1c(-c2ccc([N+](=O)[O-])cc2)c(C(=O)Nc2ccccc2)c(Cl)n[n+]1[O-]. The Kier molecular flexibility index (Phi) is 5.00. The van der Waals surface area contributed by atoms with Crippen LogP contribution in [0.1, 0.15) is 16.1 Å². The van der Waals surface area contributed by atoms with Gasteiger partial charge in [0.25, 0.3) is 11.6 Å². The van der Waals surface area contributed by atoms with Crippen LogP contribution in [-0.4, -0.2) is 15.9 Å². The Balaban J connectivity index is 2.12. The molecule has 1 amide bonds. The molecule has 0 fully saturated rings. The minimum atomic E-state index is -0.546. The van der Waals surface area contributed by atoms with Crippen LogP contribution in [0.3, 0.4) is 0 Å². The van der Waals surface area contributed by atoms with Crippen molar-refractivity contribution < 1.29 is 14.6 Å². The van der Waals surface area contributed by atoms with Crippen molar-refractivity contribution >= 4 is 28.9 Å². The summed E-state index contributed by atoms with van der Waals surface area (Å²) in [7, 11) is 0. The van der Waals surface area contributed by atoms with Gasteiger partial charge in [-0.05, 0) is 29.8 Å². The van der Waals surface area contributed by atoms with E-state index in [0.29, 0.717) is 16.1 Å². The van der Waals surface area contributed by atoms with Gasteiger partial charge in [-0.2, -0.15) is 0 Å². The molecule has 136 valence electrons. The average molecular weight is 385 g/mol. The van der Waals surface area contributed by atoms with Crippen LogP contribution >= 0.6 is 11.6 Å². The number of hydrogen-bond acceptors (Lipinski definition) is 5.